The fourth-order valence-corrected chi connectivity index (χ4v) is 4.69. The van der Waals surface area contributed by atoms with Crippen molar-refractivity contribution >= 4 is 34.3 Å². The molecule has 0 spiro atoms. The summed E-state index contributed by atoms with van der Waals surface area (Å²) in [6.07, 6.45) is -1.96. The molecular formula is C27H28F3N7O2. The molecule has 2 amide bonds. The molecule has 0 unspecified atom stereocenters. The molecule has 39 heavy (non-hydrogen) atoms. The molecule has 0 radical (unpaired) electrons. The minimum absolute atomic E-state index is 0.00148. The summed E-state index contributed by atoms with van der Waals surface area (Å²) in [6, 6.07) is 11.7. The fraction of sp³-hybridized carbons (Fsp3) is 0.296. The number of likely N-dealkylation sites (tertiary alicyclic amines) is 1. The standard InChI is InChI=1S/C27H28F3N7O2/c1-36-13-10-19(11-14-36)39-22-8-7-18(15-21(22)27(28,29)30)34-26(38)33-17-5-3-16(4-6-17)20-9-12-32-25-23(20)24(31)35-37(25)2/h3-9,12,15,19H,10-11,13-14H2,1-2H3,(H2,31,35)(H2,33,34,38). The third kappa shape index (κ3) is 5.75. The Morgan fingerprint density at radius 2 is 1.69 bits per heavy atom. The monoisotopic (exact) mass is 539 g/mol. The lowest BCUT2D eigenvalue weighted by atomic mass is 10.0. The summed E-state index contributed by atoms with van der Waals surface area (Å²) in [4.78, 5) is 19.0. The fourth-order valence-electron chi connectivity index (χ4n) is 4.69. The number of nitrogens with one attached hydrogen (secondary N) is 2. The Morgan fingerprint density at radius 1 is 1.03 bits per heavy atom. The molecule has 12 heteroatoms. The Morgan fingerprint density at radius 3 is 2.38 bits per heavy atom. The Kier molecular flexibility index (Phi) is 7.04. The highest BCUT2D eigenvalue weighted by molar-refractivity contribution is 6.01. The zero-order valence-corrected chi connectivity index (χ0v) is 21.4. The first-order valence-electron chi connectivity index (χ1n) is 12.4. The predicted molar refractivity (Wildman–Crippen MR) is 144 cm³/mol. The van der Waals surface area contributed by atoms with Gasteiger partial charge in [-0.3, -0.25) is 0 Å². The lowest BCUT2D eigenvalue weighted by Gasteiger charge is -2.30. The molecule has 2 aromatic carbocycles. The van der Waals surface area contributed by atoms with Crippen molar-refractivity contribution in [3.05, 3.63) is 60.3 Å². The molecule has 1 aliphatic heterocycles. The maximum absolute atomic E-state index is 13.8. The summed E-state index contributed by atoms with van der Waals surface area (Å²) in [5.41, 5.74) is 7.91. The van der Waals surface area contributed by atoms with Crippen molar-refractivity contribution in [1.29, 1.82) is 0 Å². The Balaban J connectivity index is 1.28. The molecule has 1 fully saturated rings. The highest BCUT2D eigenvalue weighted by atomic mass is 19.4. The average molecular weight is 540 g/mol. The van der Waals surface area contributed by atoms with Crippen LogP contribution in [0.3, 0.4) is 0 Å². The van der Waals surface area contributed by atoms with Crippen LogP contribution in [0.4, 0.5) is 35.2 Å². The third-order valence-corrected chi connectivity index (χ3v) is 6.71. The molecule has 3 heterocycles. The molecule has 2 aromatic heterocycles. The molecule has 0 saturated carbocycles. The van der Waals surface area contributed by atoms with Gasteiger partial charge in [-0.15, -0.1) is 0 Å². The molecule has 204 valence electrons. The Bertz CT molecular complexity index is 1490. The number of hydrogen-bond donors (Lipinski definition) is 3. The number of benzene rings is 2. The zero-order chi connectivity index (χ0) is 27.7. The molecule has 1 aliphatic rings. The number of anilines is 3. The van der Waals surface area contributed by atoms with E-state index in [-0.39, 0.29) is 17.5 Å². The molecule has 4 N–H and O–H groups in total. The number of pyridine rings is 1. The molecule has 0 bridgehead atoms. The second-order valence-corrected chi connectivity index (χ2v) is 9.55. The van der Waals surface area contributed by atoms with Crippen molar-refractivity contribution in [2.75, 3.05) is 36.5 Å². The van der Waals surface area contributed by atoms with Crippen LogP contribution in [-0.4, -0.2) is 51.9 Å². The average Bonchev–Trinajstić information content (AvgIpc) is 3.19. The van der Waals surface area contributed by atoms with Gasteiger partial charge in [0.1, 0.15) is 11.9 Å². The second-order valence-electron chi connectivity index (χ2n) is 9.55. The number of piperidine rings is 1. The summed E-state index contributed by atoms with van der Waals surface area (Å²) >= 11 is 0. The number of nitrogen functional groups attached to an aromatic ring is 1. The first-order chi connectivity index (χ1) is 18.6. The smallest absolute Gasteiger partial charge is 0.420 e. The van der Waals surface area contributed by atoms with Crippen LogP contribution >= 0.6 is 0 Å². The largest absolute Gasteiger partial charge is 0.490 e. The molecule has 5 rings (SSSR count). The van der Waals surface area contributed by atoms with E-state index in [0.29, 0.717) is 30.0 Å². The molecule has 4 aromatic rings. The van der Waals surface area contributed by atoms with Gasteiger partial charge in [-0.25, -0.2) is 14.5 Å². The van der Waals surface area contributed by atoms with Gasteiger partial charge in [0.2, 0.25) is 0 Å². The van der Waals surface area contributed by atoms with Crippen LogP contribution in [-0.2, 0) is 13.2 Å². The lowest BCUT2D eigenvalue weighted by Crippen LogP contribution is -2.36. The van der Waals surface area contributed by atoms with Crippen molar-refractivity contribution in [3.8, 4) is 16.9 Å². The number of alkyl halides is 3. The van der Waals surface area contributed by atoms with Gasteiger partial charge < -0.3 is 26.0 Å². The summed E-state index contributed by atoms with van der Waals surface area (Å²) in [6.45, 7) is 1.52. The van der Waals surface area contributed by atoms with Crippen LogP contribution in [0.2, 0.25) is 0 Å². The van der Waals surface area contributed by atoms with Crippen LogP contribution in [0.25, 0.3) is 22.2 Å². The number of carbonyl (C=O) groups excluding carboxylic acids is 1. The number of aryl methyl sites for hydroxylation is 1. The van der Waals surface area contributed by atoms with Gasteiger partial charge in [0.15, 0.2) is 11.5 Å². The normalized spacial score (nSPS) is 14.9. The van der Waals surface area contributed by atoms with Crippen molar-refractivity contribution in [2.24, 2.45) is 7.05 Å². The predicted octanol–water partition coefficient (Wildman–Crippen LogP) is 5.35. The van der Waals surface area contributed by atoms with Crippen molar-refractivity contribution in [2.45, 2.75) is 25.1 Å². The molecule has 1 saturated heterocycles. The third-order valence-electron chi connectivity index (χ3n) is 6.71. The summed E-state index contributed by atoms with van der Waals surface area (Å²) in [7, 11) is 3.73. The topological polar surface area (TPSA) is 110 Å². The van der Waals surface area contributed by atoms with Gasteiger partial charge in [-0.05, 0) is 67.4 Å². The number of halogens is 3. The quantitative estimate of drug-likeness (QED) is 0.315. The van der Waals surface area contributed by atoms with Crippen LogP contribution in [0.1, 0.15) is 18.4 Å². The number of urea groups is 1. The van der Waals surface area contributed by atoms with Crippen LogP contribution < -0.4 is 21.1 Å². The number of aromatic nitrogens is 3. The highest BCUT2D eigenvalue weighted by Crippen LogP contribution is 2.39. The van der Waals surface area contributed by atoms with E-state index >= 15 is 0 Å². The number of nitrogens with two attached hydrogens (primary N) is 1. The molecular weight excluding hydrogens is 511 g/mol. The lowest BCUT2D eigenvalue weighted by molar-refractivity contribution is -0.139. The maximum atomic E-state index is 13.8. The van der Waals surface area contributed by atoms with E-state index in [0.717, 1.165) is 35.7 Å². The summed E-state index contributed by atoms with van der Waals surface area (Å²) < 4.78 is 48.7. The first-order valence-corrected chi connectivity index (χ1v) is 12.4. The number of hydrogen-bond acceptors (Lipinski definition) is 6. The Labute approximate surface area is 222 Å². The van der Waals surface area contributed by atoms with Crippen LogP contribution in [0.5, 0.6) is 5.75 Å². The van der Waals surface area contributed by atoms with Crippen molar-refractivity contribution in [3.63, 3.8) is 0 Å². The van der Waals surface area contributed by atoms with E-state index in [9.17, 15) is 18.0 Å². The number of rotatable bonds is 5. The summed E-state index contributed by atoms with van der Waals surface area (Å²) in [5.74, 6) is 0.122. The first kappa shape index (κ1) is 26.3. The molecule has 0 atom stereocenters. The van der Waals surface area contributed by atoms with Crippen LogP contribution in [0, 0.1) is 0 Å². The Hall–Kier alpha value is -4.32. The zero-order valence-electron chi connectivity index (χ0n) is 21.4. The molecule has 0 aliphatic carbocycles. The highest BCUT2D eigenvalue weighted by Gasteiger charge is 2.36. The van der Waals surface area contributed by atoms with E-state index in [1.807, 2.05) is 13.1 Å². The van der Waals surface area contributed by atoms with E-state index in [2.05, 4.69) is 25.6 Å². The van der Waals surface area contributed by atoms with Crippen molar-refractivity contribution < 1.29 is 22.7 Å². The van der Waals surface area contributed by atoms with Gasteiger partial charge in [0, 0.05) is 37.7 Å². The van der Waals surface area contributed by atoms with E-state index in [1.165, 1.54) is 12.1 Å². The van der Waals surface area contributed by atoms with Gasteiger partial charge >= 0.3 is 12.2 Å². The number of carbonyl (C=O) groups is 1. The minimum atomic E-state index is -4.64. The van der Waals surface area contributed by atoms with Crippen LogP contribution in [0.15, 0.2) is 54.7 Å². The number of nitrogens with zero attached hydrogens (tertiary/aromatic N) is 4. The number of fused-ring (bicyclic) bond motifs is 1. The second kappa shape index (κ2) is 10.4. The van der Waals surface area contributed by atoms with Gasteiger partial charge in [-0.1, -0.05) is 12.1 Å². The SMILES string of the molecule is CN1CCC(Oc2ccc(NC(=O)Nc3ccc(-c4ccnc5c4c(N)nn5C)cc3)cc2C(F)(F)F)CC1. The summed E-state index contributed by atoms with van der Waals surface area (Å²) in [5, 5.41) is 10.1. The maximum Gasteiger partial charge on any atom is 0.420 e. The van der Waals surface area contributed by atoms with Gasteiger partial charge in [0.25, 0.3) is 0 Å². The van der Waals surface area contributed by atoms with Gasteiger partial charge in [-0.2, -0.15) is 18.3 Å². The van der Waals surface area contributed by atoms with E-state index < -0.39 is 17.8 Å². The van der Waals surface area contributed by atoms with E-state index in [4.69, 9.17) is 10.5 Å². The van der Waals surface area contributed by atoms with Crippen molar-refractivity contribution in [1.82, 2.24) is 19.7 Å². The van der Waals surface area contributed by atoms with E-state index in [1.54, 1.807) is 42.2 Å². The number of amides is 2. The minimum Gasteiger partial charge on any atom is -0.490 e. The molecule has 9 nitrogen and oxygen atoms in total. The van der Waals surface area contributed by atoms with Gasteiger partial charge in [0.05, 0.1) is 10.9 Å². The number of ether oxygens (including phenoxy) is 1.